The average Bonchev–Trinajstić information content (AvgIpc) is 2.33. The molecule has 1 amide bonds. The van der Waals surface area contributed by atoms with Crippen molar-refractivity contribution >= 4 is 23.6 Å². The second kappa shape index (κ2) is 6.98. The summed E-state index contributed by atoms with van der Waals surface area (Å²) in [6.07, 6.45) is -0.479. The Bertz CT molecular complexity index is 402. The monoisotopic (exact) mass is 318 g/mol. The number of aliphatic carboxylic acids is 1. The highest BCUT2D eigenvalue weighted by molar-refractivity contribution is 8.02. The van der Waals surface area contributed by atoms with E-state index in [9.17, 15) is 14.7 Å². The molecule has 1 saturated heterocycles. The number of aliphatic hydroxyl groups is 1. The van der Waals surface area contributed by atoms with E-state index in [2.05, 4.69) is 26.1 Å². The predicted octanol–water partition coefficient (Wildman–Crippen LogP) is 0.574. The van der Waals surface area contributed by atoms with E-state index < -0.39 is 36.5 Å². The van der Waals surface area contributed by atoms with Gasteiger partial charge >= 0.3 is 5.97 Å². The van der Waals surface area contributed by atoms with Crippen molar-refractivity contribution in [2.45, 2.75) is 68.7 Å². The van der Waals surface area contributed by atoms with Crippen LogP contribution in [-0.2, 0) is 9.59 Å². The summed E-state index contributed by atoms with van der Waals surface area (Å²) in [6.45, 7) is 8.15. The van der Waals surface area contributed by atoms with Crippen molar-refractivity contribution in [3.63, 3.8) is 0 Å². The molecule has 4 unspecified atom stereocenters. The third-order valence-corrected chi connectivity index (χ3v) is 5.73. The molecule has 1 rings (SSSR count). The maximum absolute atomic E-state index is 11.7. The summed E-state index contributed by atoms with van der Waals surface area (Å²) < 4.78 is 0.143. The van der Waals surface area contributed by atoms with Crippen LogP contribution in [0.5, 0.6) is 0 Å². The molecule has 0 aromatic carbocycles. The molecule has 0 spiro atoms. The number of carbonyl (C=O) groups is 2. The van der Waals surface area contributed by atoms with E-state index >= 15 is 0 Å². The van der Waals surface area contributed by atoms with Crippen LogP contribution in [0.4, 0.5) is 0 Å². The lowest BCUT2D eigenvalue weighted by molar-refractivity contribution is -0.139. The number of hydrogen-bond acceptors (Lipinski definition) is 5. The minimum atomic E-state index is -1.12. The average molecular weight is 318 g/mol. The first-order valence-corrected chi connectivity index (χ1v) is 8.06. The molecule has 1 heterocycles. The molecule has 7 heteroatoms. The van der Waals surface area contributed by atoms with Crippen molar-refractivity contribution in [2.75, 3.05) is 0 Å². The van der Waals surface area contributed by atoms with Gasteiger partial charge in [0.1, 0.15) is 0 Å². The number of amides is 1. The summed E-state index contributed by atoms with van der Waals surface area (Å²) in [5.74, 6) is -1.27. The molecule has 0 radical (unpaired) electrons. The van der Waals surface area contributed by atoms with Crippen LogP contribution in [-0.4, -0.2) is 50.3 Å². The molecular weight excluding hydrogens is 292 g/mol. The standard InChI is InChI=1S/C14H26N2O4S/c1-7(16-13(20)10(15)6-12(18)19)11(17)5-9-8(2)21-14(9,3)4/h7-11,17H,5-6,15H2,1-4H3,(H,16,20)(H,18,19)/t7?,8?,9?,10-,11?/m0/s1. The number of hydrogen-bond donors (Lipinski definition) is 4. The van der Waals surface area contributed by atoms with E-state index in [-0.39, 0.29) is 4.75 Å². The van der Waals surface area contributed by atoms with Gasteiger partial charge in [-0.05, 0) is 19.3 Å². The summed E-state index contributed by atoms with van der Waals surface area (Å²) in [6, 6.07) is -1.54. The summed E-state index contributed by atoms with van der Waals surface area (Å²) in [7, 11) is 0. The Labute approximate surface area is 129 Å². The Morgan fingerprint density at radius 3 is 2.43 bits per heavy atom. The molecule has 0 aromatic heterocycles. The highest BCUT2D eigenvalue weighted by atomic mass is 32.2. The number of carboxylic acids is 1. The highest BCUT2D eigenvalue weighted by Crippen LogP contribution is 2.53. The Kier molecular flexibility index (Phi) is 6.07. The molecule has 21 heavy (non-hydrogen) atoms. The lowest BCUT2D eigenvalue weighted by atomic mass is 9.84. The normalized spacial score (nSPS) is 28.1. The van der Waals surface area contributed by atoms with E-state index in [4.69, 9.17) is 10.8 Å². The maximum Gasteiger partial charge on any atom is 0.305 e. The van der Waals surface area contributed by atoms with Gasteiger partial charge in [-0.2, -0.15) is 11.8 Å². The molecule has 5 atom stereocenters. The minimum Gasteiger partial charge on any atom is -0.481 e. The van der Waals surface area contributed by atoms with E-state index in [1.165, 1.54) is 0 Å². The topological polar surface area (TPSA) is 113 Å². The summed E-state index contributed by atoms with van der Waals surface area (Å²) in [5.41, 5.74) is 5.49. The summed E-state index contributed by atoms with van der Waals surface area (Å²) in [4.78, 5) is 22.3. The maximum atomic E-state index is 11.7. The van der Waals surface area contributed by atoms with Crippen LogP contribution in [0, 0.1) is 5.92 Å². The number of nitrogens with one attached hydrogen (secondary N) is 1. The third kappa shape index (κ3) is 4.86. The van der Waals surface area contributed by atoms with Gasteiger partial charge in [0.15, 0.2) is 0 Å². The Morgan fingerprint density at radius 2 is 2.00 bits per heavy atom. The second-order valence-corrected chi connectivity index (χ2v) is 8.37. The summed E-state index contributed by atoms with van der Waals surface area (Å²) in [5, 5.41) is 21.9. The van der Waals surface area contributed by atoms with Crippen molar-refractivity contribution in [1.82, 2.24) is 5.32 Å². The van der Waals surface area contributed by atoms with Crippen LogP contribution in [0.1, 0.15) is 40.5 Å². The van der Waals surface area contributed by atoms with Crippen LogP contribution in [0.25, 0.3) is 0 Å². The number of carboxylic acid groups (broad SMARTS) is 1. The number of aliphatic hydroxyl groups excluding tert-OH is 1. The van der Waals surface area contributed by atoms with Crippen LogP contribution in [0.2, 0.25) is 0 Å². The first kappa shape index (κ1) is 18.3. The molecule has 0 saturated carbocycles. The lowest BCUT2D eigenvalue weighted by Crippen LogP contribution is -2.52. The zero-order valence-electron chi connectivity index (χ0n) is 13.0. The number of nitrogens with two attached hydrogens (primary N) is 1. The quantitative estimate of drug-likeness (QED) is 0.546. The van der Waals surface area contributed by atoms with Crippen molar-refractivity contribution in [2.24, 2.45) is 11.7 Å². The first-order chi connectivity index (χ1) is 9.54. The molecule has 1 aliphatic heterocycles. The Balaban J connectivity index is 2.46. The van der Waals surface area contributed by atoms with E-state index in [1.807, 2.05) is 11.8 Å². The second-order valence-electron chi connectivity index (χ2n) is 6.34. The fraction of sp³-hybridized carbons (Fsp3) is 0.857. The first-order valence-electron chi connectivity index (χ1n) is 7.18. The van der Waals surface area contributed by atoms with Gasteiger partial charge in [-0.1, -0.05) is 20.8 Å². The van der Waals surface area contributed by atoms with Gasteiger partial charge in [0.2, 0.25) is 5.91 Å². The summed E-state index contributed by atoms with van der Waals surface area (Å²) >= 11 is 1.89. The van der Waals surface area contributed by atoms with Gasteiger partial charge in [0.25, 0.3) is 0 Å². The predicted molar refractivity (Wildman–Crippen MR) is 83.1 cm³/mol. The highest BCUT2D eigenvalue weighted by Gasteiger charge is 2.46. The van der Waals surface area contributed by atoms with Gasteiger partial charge in [0.05, 0.1) is 24.6 Å². The molecule has 0 aliphatic carbocycles. The van der Waals surface area contributed by atoms with Gasteiger partial charge in [-0.25, -0.2) is 0 Å². The molecule has 6 nitrogen and oxygen atoms in total. The van der Waals surface area contributed by atoms with Crippen LogP contribution in [0.3, 0.4) is 0 Å². The minimum absolute atomic E-state index is 0.143. The zero-order valence-corrected chi connectivity index (χ0v) is 13.8. The van der Waals surface area contributed by atoms with Crippen molar-refractivity contribution in [3.8, 4) is 0 Å². The smallest absolute Gasteiger partial charge is 0.305 e. The number of carbonyl (C=O) groups excluding carboxylic acids is 1. The molecule has 5 N–H and O–H groups in total. The zero-order chi connectivity index (χ0) is 16.4. The molecule has 0 aromatic rings. The van der Waals surface area contributed by atoms with Crippen LogP contribution in [0.15, 0.2) is 0 Å². The van der Waals surface area contributed by atoms with Gasteiger partial charge in [-0.15, -0.1) is 0 Å². The van der Waals surface area contributed by atoms with E-state index in [1.54, 1.807) is 6.92 Å². The van der Waals surface area contributed by atoms with Crippen LogP contribution >= 0.6 is 11.8 Å². The largest absolute Gasteiger partial charge is 0.481 e. The third-order valence-electron chi connectivity index (χ3n) is 4.12. The van der Waals surface area contributed by atoms with E-state index in [0.29, 0.717) is 17.6 Å². The van der Waals surface area contributed by atoms with Crippen molar-refractivity contribution < 1.29 is 19.8 Å². The number of thioether (sulfide) groups is 1. The van der Waals surface area contributed by atoms with Crippen molar-refractivity contribution in [3.05, 3.63) is 0 Å². The molecule has 1 aliphatic rings. The molecule has 1 fully saturated rings. The molecular formula is C14H26N2O4S. The molecule has 0 bridgehead atoms. The van der Waals surface area contributed by atoms with E-state index in [0.717, 1.165) is 0 Å². The van der Waals surface area contributed by atoms with Crippen LogP contribution < -0.4 is 11.1 Å². The lowest BCUT2D eigenvalue weighted by Gasteiger charge is -2.50. The van der Waals surface area contributed by atoms with Gasteiger partial charge < -0.3 is 21.3 Å². The molecule has 122 valence electrons. The van der Waals surface area contributed by atoms with Crippen molar-refractivity contribution in [1.29, 1.82) is 0 Å². The SMILES string of the molecule is CC(NC(=O)[C@@H](N)CC(=O)O)C(O)CC1C(C)SC1(C)C. The Hall–Kier alpha value is -0.790. The number of rotatable bonds is 7. The van der Waals surface area contributed by atoms with Gasteiger partial charge in [-0.3, -0.25) is 9.59 Å². The fourth-order valence-corrected chi connectivity index (χ4v) is 4.61. The van der Waals surface area contributed by atoms with Gasteiger partial charge in [0, 0.05) is 10.00 Å². The Morgan fingerprint density at radius 1 is 1.43 bits per heavy atom. The fourth-order valence-electron chi connectivity index (χ4n) is 2.79.